The number of phenolic OH excluding ortho intramolecular Hbond substituents is 1. The Morgan fingerprint density at radius 2 is 2.00 bits per heavy atom. The number of nitrogens with zero attached hydrogens (tertiary/aromatic N) is 1. The first kappa shape index (κ1) is 22.1. The number of amides is 1. The summed E-state index contributed by atoms with van der Waals surface area (Å²) >= 11 is 0. The van der Waals surface area contributed by atoms with Crippen LogP contribution in [0.15, 0.2) is 41.7 Å². The molecule has 1 saturated carbocycles. The lowest BCUT2D eigenvalue weighted by Crippen LogP contribution is -2.75. The fourth-order valence-corrected chi connectivity index (χ4v) is 7.16. The summed E-state index contributed by atoms with van der Waals surface area (Å²) in [7, 11) is 0. The molecule has 3 aliphatic carbocycles. The number of carbonyl (C=O) groups is 1. The zero-order valence-corrected chi connectivity index (χ0v) is 19.4. The Morgan fingerprint density at radius 3 is 2.75 bits per heavy atom. The monoisotopic (exact) mass is 496 g/mol. The summed E-state index contributed by atoms with van der Waals surface area (Å²) in [6.07, 6.45) is 2.10. The van der Waals surface area contributed by atoms with Gasteiger partial charge in [-0.15, -0.1) is 0 Å². The molecule has 1 spiro atoms. The van der Waals surface area contributed by atoms with Gasteiger partial charge in [-0.25, -0.2) is 8.78 Å². The number of anilines is 1. The summed E-state index contributed by atoms with van der Waals surface area (Å²) < 4.78 is 33.8. The lowest BCUT2D eigenvalue weighted by molar-refractivity contribution is -0.172. The third-order valence-electron chi connectivity index (χ3n) is 8.97. The number of aliphatic hydroxyl groups excluding tert-OH is 1. The van der Waals surface area contributed by atoms with Gasteiger partial charge in [0.1, 0.15) is 17.4 Å². The van der Waals surface area contributed by atoms with Gasteiger partial charge in [0.25, 0.3) is 5.91 Å². The molecule has 5 aliphatic rings. The summed E-state index contributed by atoms with van der Waals surface area (Å²) in [6, 6.07) is 5.90. The number of piperidine rings is 1. The number of phenols is 1. The van der Waals surface area contributed by atoms with Crippen molar-refractivity contribution in [1.29, 1.82) is 0 Å². The molecular weight excluding hydrogens is 470 g/mol. The highest BCUT2D eigenvalue weighted by Gasteiger charge is 2.73. The average molecular weight is 497 g/mol. The van der Waals surface area contributed by atoms with Gasteiger partial charge >= 0.3 is 0 Å². The minimum Gasteiger partial charge on any atom is -0.508 e. The molecule has 2 heterocycles. The summed E-state index contributed by atoms with van der Waals surface area (Å²) in [5, 5.41) is 37.0. The highest BCUT2D eigenvalue weighted by atomic mass is 19.1. The molecule has 1 amide bonds. The minimum absolute atomic E-state index is 0.0779. The number of ether oxygens (including phenoxy) is 1. The number of hydrogen-bond donors (Lipinski definition) is 4. The van der Waals surface area contributed by atoms with Crippen LogP contribution in [0.2, 0.25) is 0 Å². The average Bonchev–Trinajstić information content (AvgIpc) is 3.58. The van der Waals surface area contributed by atoms with Gasteiger partial charge in [0.05, 0.1) is 22.3 Å². The molecule has 36 heavy (non-hydrogen) atoms. The molecule has 188 valence electrons. The quantitative estimate of drug-likeness (QED) is 0.518. The van der Waals surface area contributed by atoms with Crippen LogP contribution < -0.4 is 10.1 Å². The second kappa shape index (κ2) is 7.20. The molecule has 0 radical (unpaired) electrons. The standard InChI is InChI=1S/C27H26F2N2O5/c28-15-4-5-18(17(29)10-15)30-25(34)16-11-27(35)20-9-14-3-6-19(32)23-21(14)26(27,24(36-23)22(16)33)7-8-31(20)12-13-1-2-13/h3-6,10,13,20,24,32-33,35H,1-2,7-9,11-12H2,(H,30,34)/t20-,24+,26+,27-/m1/s1. The fraction of sp³-hybridized carbons (Fsp3) is 0.444. The van der Waals surface area contributed by atoms with Gasteiger partial charge in [-0.3, -0.25) is 9.69 Å². The van der Waals surface area contributed by atoms with E-state index < -0.39 is 34.7 Å². The van der Waals surface area contributed by atoms with Gasteiger partial charge in [-0.05, 0) is 61.9 Å². The van der Waals surface area contributed by atoms with E-state index in [4.69, 9.17) is 4.74 Å². The van der Waals surface area contributed by atoms with E-state index in [0.29, 0.717) is 36.9 Å². The maximum Gasteiger partial charge on any atom is 0.255 e. The van der Waals surface area contributed by atoms with Gasteiger partial charge in [0.15, 0.2) is 17.6 Å². The normalized spacial score (nSPS) is 32.2. The third-order valence-corrected chi connectivity index (χ3v) is 8.97. The smallest absolute Gasteiger partial charge is 0.255 e. The van der Waals surface area contributed by atoms with Crippen LogP contribution in [-0.4, -0.2) is 57.0 Å². The molecule has 2 aromatic carbocycles. The Labute approximate surface area is 206 Å². The first-order valence-electron chi connectivity index (χ1n) is 12.4. The largest absolute Gasteiger partial charge is 0.508 e. The molecule has 7 nitrogen and oxygen atoms in total. The van der Waals surface area contributed by atoms with Gasteiger partial charge in [0, 0.05) is 30.6 Å². The first-order valence-corrected chi connectivity index (χ1v) is 12.4. The van der Waals surface area contributed by atoms with Crippen molar-refractivity contribution >= 4 is 11.6 Å². The molecule has 9 heteroatoms. The first-order chi connectivity index (χ1) is 17.2. The van der Waals surface area contributed by atoms with Crippen LogP contribution in [0, 0.1) is 17.6 Å². The van der Waals surface area contributed by atoms with Gasteiger partial charge in [-0.2, -0.15) is 0 Å². The molecule has 2 aromatic rings. The van der Waals surface area contributed by atoms with Crippen molar-refractivity contribution in [3.05, 3.63) is 64.4 Å². The molecule has 4 N–H and O–H groups in total. The molecule has 4 atom stereocenters. The predicted octanol–water partition coefficient (Wildman–Crippen LogP) is 3.30. The topological polar surface area (TPSA) is 102 Å². The maximum atomic E-state index is 14.3. The number of hydrogen-bond acceptors (Lipinski definition) is 6. The van der Waals surface area contributed by atoms with Gasteiger partial charge in [0.2, 0.25) is 0 Å². The Balaban J connectivity index is 1.35. The van der Waals surface area contributed by atoms with Gasteiger partial charge < -0.3 is 25.4 Å². The van der Waals surface area contributed by atoms with Crippen molar-refractivity contribution in [1.82, 2.24) is 4.90 Å². The lowest BCUT2D eigenvalue weighted by Gasteiger charge is -2.62. The van der Waals surface area contributed by atoms with E-state index in [2.05, 4.69) is 10.2 Å². The summed E-state index contributed by atoms with van der Waals surface area (Å²) in [5.41, 5.74) is -1.13. The van der Waals surface area contributed by atoms with E-state index in [0.717, 1.165) is 37.1 Å². The molecule has 0 aromatic heterocycles. The molecule has 1 saturated heterocycles. The van der Waals surface area contributed by atoms with Crippen molar-refractivity contribution in [3.63, 3.8) is 0 Å². The van der Waals surface area contributed by atoms with Crippen molar-refractivity contribution < 1.29 is 33.6 Å². The molecule has 2 aliphatic heterocycles. The maximum absolute atomic E-state index is 14.3. The third kappa shape index (κ3) is 2.75. The number of aromatic hydroxyl groups is 1. The fourth-order valence-electron chi connectivity index (χ4n) is 7.16. The summed E-state index contributed by atoms with van der Waals surface area (Å²) in [5.74, 6) is -2.10. The second-order valence-electron chi connectivity index (χ2n) is 10.9. The lowest BCUT2D eigenvalue weighted by atomic mass is 9.49. The number of halogens is 2. The Bertz CT molecular complexity index is 1360. The zero-order chi connectivity index (χ0) is 25.0. The Kier molecular flexibility index (Phi) is 4.41. The number of rotatable bonds is 4. The van der Waals surface area contributed by atoms with Crippen LogP contribution in [0.3, 0.4) is 0 Å². The van der Waals surface area contributed by atoms with Crippen LogP contribution in [0.1, 0.15) is 36.8 Å². The molecule has 2 fully saturated rings. The Morgan fingerprint density at radius 1 is 1.19 bits per heavy atom. The van der Waals surface area contributed by atoms with Crippen molar-refractivity contribution in [2.45, 2.75) is 55.3 Å². The van der Waals surface area contributed by atoms with Crippen LogP contribution in [0.4, 0.5) is 14.5 Å². The highest BCUT2D eigenvalue weighted by Crippen LogP contribution is 2.66. The highest BCUT2D eigenvalue weighted by molar-refractivity contribution is 6.04. The van der Waals surface area contributed by atoms with Crippen molar-refractivity contribution in [2.75, 3.05) is 18.4 Å². The zero-order valence-electron chi connectivity index (χ0n) is 19.4. The SMILES string of the molecule is O=C(Nc1ccc(F)cc1F)C1=C(O)[C@@H]2Oc3c(O)ccc4c3[C@@]23CCN(CC2CC2)[C@H](C4)[C@]3(O)C1. The predicted molar refractivity (Wildman–Crippen MR) is 125 cm³/mol. The van der Waals surface area contributed by atoms with Crippen LogP contribution in [0.25, 0.3) is 0 Å². The summed E-state index contributed by atoms with van der Waals surface area (Å²) in [6.45, 7) is 1.56. The Hall–Kier alpha value is -3.17. The molecular formula is C27H26F2N2O5. The number of aliphatic hydroxyl groups is 2. The molecule has 7 rings (SSSR count). The van der Waals surface area contributed by atoms with E-state index in [9.17, 15) is 28.9 Å². The number of carbonyl (C=O) groups excluding carboxylic acids is 1. The number of nitrogens with one attached hydrogen (secondary N) is 1. The van der Waals surface area contributed by atoms with Gasteiger partial charge in [-0.1, -0.05) is 6.07 Å². The van der Waals surface area contributed by atoms with E-state index in [-0.39, 0.29) is 41.0 Å². The molecule has 0 unspecified atom stereocenters. The van der Waals surface area contributed by atoms with E-state index >= 15 is 0 Å². The van der Waals surface area contributed by atoms with E-state index in [1.165, 1.54) is 0 Å². The van der Waals surface area contributed by atoms with E-state index in [1.54, 1.807) is 6.07 Å². The van der Waals surface area contributed by atoms with Crippen molar-refractivity contribution in [3.8, 4) is 11.5 Å². The second-order valence-corrected chi connectivity index (χ2v) is 10.9. The number of benzene rings is 2. The van der Waals surface area contributed by atoms with Crippen LogP contribution in [0.5, 0.6) is 11.5 Å². The van der Waals surface area contributed by atoms with Crippen LogP contribution in [-0.2, 0) is 16.6 Å². The minimum atomic E-state index is -1.46. The summed E-state index contributed by atoms with van der Waals surface area (Å²) in [4.78, 5) is 15.6. The van der Waals surface area contributed by atoms with Crippen LogP contribution >= 0.6 is 0 Å². The van der Waals surface area contributed by atoms with Crippen molar-refractivity contribution in [2.24, 2.45) is 5.92 Å². The molecule has 2 bridgehead atoms. The number of likely N-dealkylation sites (tertiary alicyclic amines) is 1. The van der Waals surface area contributed by atoms with E-state index in [1.807, 2.05) is 6.07 Å².